The molecule has 1 atom stereocenters. The van der Waals surface area contributed by atoms with Crippen LogP contribution in [0.15, 0.2) is 35.5 Å². The number of nitrogens with one attached hydrogen (secondary N) is 2. The summed E-state index contributed by atoms with van der Waals surface area (Å²) in [6.45, 7) is 4.60. The topological polar surface area (TPSA) is 66.3 Å². The Morgan fingerprint density at radius 3 is 2.75 bits per heavy atom. The first kappa shape index (κ1) is 18.8. The summed E-state index contributed by atoms with van der Waals surface area (Å²) in [5.41, 5.74) is 2.37. The molecular formula is C21H29N4O3+. The van der Waals surface area contributed by atoms with Crippen LogP contribution in [0.5, 0.6) is 5.75 Å². The molecule has 1 aromatic carbocycles. The van der Waals surface area contributed by atoms with Crippen LogP contribution in [-0.2, 0) is 4.79 Å². The molecule has 0 aliphatic carbocycles. The molecule has 2 N–H and O–H groups in total. The first-order valence-corrected chi connectivity index (χ1v) is 10.1. The second-order valence-corrected chi connectivity index (χ2v) is 7.87. The van der Waals surface area contributed by atoms with Crippen LogP contribution in [-0.4, -0.2) is 68.6 Å². The maximum absolute atomic E-state index is 13.3. The summed E-state index contributed by atoms with van der Waals surface area (Å²) in [5, 5.41) is 2.98. The van der Waals surface area contributed by atoms with Gasteiger partial charge in [-0.1, -0.05) is 12.1 Å². The van der Waals surface area contributed by atoms with E-state index in [1.54, 1.807) is 24.0 Å². The predicted octanol–water partition coefficient (Wildman–Crippen LogP) is 0.556. The molecule has 1 aromatic rings. The van der Waals surface area contributed by atoms with E-state index in [-0.39, 0.29) is 11.9 Å². The number of hydrogen-bond acceptors (Lipinski definition) is 3. The Balaban J connectivity index is 1.55. The quantitative estimate of drug-likeness (QED) is 0.778. The highest BCUT2D eigenvalue weighted by molar-refractivity contribution is 6.01. The van der Waals surface area contributed by atoms with Crippen molar-refractivity contribution >= 4 is 11.9 Å². The van der Waals surface area contributed by atoms with Crippen molar-refractivity contribution in [1.82, 2.24) is 15.1 Å². The number of carbonyl (C=O) groups is 2. The molecule has 28 heavy (non-hydrogen) atoms. The number of rotatable bonds is 5. The highest BCUT2D eigenvalue weighted by Crippen LogP contribution is 2.36. The van der Waals surface area contributed by atoms with Crippen molar-refractivity contribution in [3.8, 4) is 5.75 Å². The maximum atomic E-state index is 13.3. The van der Waals surface area contributed by atoms with Gasteiger partial charge in [0.05, 0.1) is 57.1 Å². The molecule has 0 unspecified atom stereocenters. The van der Waals surface area contributed by atoms with E-state index in [0.717, 1.165) is 24.4 Å². The van der Waals surface area contributed by atoms with Crippen molar-refractivity contribution in [2.45, 2.75) is 25.3 Å². The number of methoxy groups -OCH3 is 1. The van der Waals surface area contributed by atoms with Crippen LogP contribution in [0.25, 0.3) is 0 Å². The number of quaternary nitrogens is 1. The number of piperidine rings is 1. The number of hydrogen-bond donors (Lipinski definition) is 2. The van der Waals surface area contributed by atoms with Gasteiger partial charge in [0.15, 0.2) is 0 Å². The Labute approximate surface area is 165 Å². The normalized spacial score (nSPS) is 23.1. The minimum Gasteiger partial charge on any atom is -0.497 e. The molecule has 0 spiro atoms. The molecule has 1 fully saturated rings. The molecule has 7 heteroatoms. The molecule has 0 radical (unpaired) electrons. The second kappa shape index (κ2) is 7.83. The molecule has 7 nitrogen and oxygen atoms in total. The van der Waals surface area contributed by atoms with Gasteiger partial charge >= 0.3 is 6.03 Å². The molecule has 3 amide bonds. The standard InChI is InChI=1S/C21H28N4O3/c1-23-17-14-25(12-11-24-9-4-3-5-10-24)20(26)18(17)19(22-21(23)27)15-7-6-8-16(13-15)28-2/h6-8,13,19H,3-5,9-12,14H2,1-2H3,(H,22,27)/p+1/t19-/m1/s1. The fourth-order valence-electron chi connectivity index (χ4n) is 4.47. The van der Waals surface area contributed by atoms with Gasteiger partial charge in [-0.2, -0.15) is 0 Å². The third-order valence-corrected chi connectivity index (χ3v) is 6.16. The molecule has 4 rings (SSSR count). The average Bonchev–Trinajstić information content (AvgIpc) is 3.06. The van der Waals surface area contributed by atoms with Gasteiger partial charge in [-0.25, -0.2) is 4.79 Å². The molecule has 0 bridgehead atoms. The third-order valence-electron chi connectivity index (χ3n) is 6.16. The number of urea groups is 1. The monoisotopic (exact) mass is 385 g/mol. The van der Waals surface area contributed by atoms with Crippen molar-refractivity contribution in [1.29, 1.82) is 0 Å². The smallest absolute Gasteiger partial charge is 0.322 e. The summed E-state index contributed by atoms with van der Waals surface area (Å²) in [7, 11) is 3.35. The lowest BCUT2D eigenvalue weighted by Gasteiger charge is -2.31. The van der Waals surface area contributed by atoms with E-state index >= 15 is 0 Å². The van der Waals surface area contributed by atoms with Gasteiger partial charge in [0.2, 0.25) is 0 Å². The summed E-state index contributed by atoms with van der Waals surface area (Å²) in [6.07, 6.45) is 3.87. The van der Waals surface area contributed by atoms with Crippen molar-refractivity contribution in [3.05, 3.63) is 41.1 Å². The number of benzene rings is 1. The van der Waals surface area contributed by atoms with E-state index in [1.165, 1.54) is 32.4 Å². The number of likely N-dealkylation sites (tertiary alicyclic amines) is 1. The molecule has 0 aromatic heterocycles. The predicted molar refractivity (Wildman–Crippen MR) is 105 cm³/mol. The Hall–Kier alpha value is -2.54. The molecule has 1 saturated heterocycles. The molecule has 0 saturated carbocycles. The van der Waals surface area contributed by atoms with Gasteiger partial charge in [0, 0.05) is 7.05 Å². The van der Waals surface area contributed by atoms with Gasteiger partial charge in [-0.15, -0.1) is 0 Å². The van der Waals surface area contributed by atoms with Gasteiger partial charge in [0.25, 0.3) is 5.91 Å². The Morgan fingerprint density at radius 1 is 1.21 bits per heavy atom. The van der Waals surface area contributed by atoms with E-state index in [4.69, 9.17) is 4.74 Å². The zero-order valence-electron chi connectivity index (χ0n) is 16.7. The summed E-state index contributed by atoms with van der Waals surface area (Å²) in [6, 6.07) is 6.94. The second-order valence-electron chi connectivity index (χ2n) is 7.87. The molecule has 3 heterocycles. The van der Waals surface area contributed by atoms with Gasteiger partial charge in [-0.3, -0.25) is 9.69 Å². The van der Waals surface area contributed by atoms with E-state index < -0.39 is 6.04 Å². The molecule has 3 aliphatic rings. The lowest BCUT2D eigenvalue weighted by Crippen LogP contribution is -3.13. The SMILES string of the molecule is COc1cccc([C@H]2NC(=O)N(C)C3=C2C(=O)N(CC[NH+]2CCCCC2)C3)c1. The third kappa shape index (κ3) is 3.46. The fraction of sp³-hybridized carbons (Fsp3) is 0.524. The minimum absolute atomic E-state index is 0.0334. The van der Waals surface area contributed by atoms with Crippen molar-refractivity contribution in [2.75, 3.05) is 46.9 Å². The number of nitrogens with zero attached hydrogens (tertiary/aromatic N) is 2. The zero-order valence-corrected chi connectivity index (χ0v) is 16.7. The fourth-order valence-corrected chi connectivity index (χ4v) is 4.47. The van der Waals surface area contributed by atoms with Crippen molar-refractivity contribution < 1.29 is 19.2 Å². The van der Waals surface area contributed by atoms with E-state index in [2.05, 4.69) is 5.32 Å². The summed E-state index contributed by atoms with van der Waals surface area (Å²) < 4.78 is 5.32. The number of carbonyl (C=O) groups excluding carboxylic acids is 2. The van der Waals surface area contributed by atoms with Gasteiger partial charge in [0.1, 0.15) is 5.75 Å². The molecular weight excluding hydrogens is 356 g/mol. The van der Waals surface area contributed by atoms with E-state index in [1.807, 2.05) is 29.2 Å². The van der Waals surface area contributed by atoms with E-state index in [0.29, 0.717) is 17.9 Å². The highest BCUT2D eigenvalue weighted by atomic mass is 16.5. The van der Waals surface area contributed by atoms with Crippen LogP contribution < -0.4 is 15.0 Å². The van der Waals surface area contributed by atoms with Crippen LogP contribution in [0.4, 0.5) is 4.79 Å². The van der Waals surface area contributed by atoms with E-state index in [9.17, 15) is 9.59 Å². The minimum atomic E-state index is -0.436. The van der Waals surface area contributed by atoms with Crippen molar-refractivity contribution in [2.24, 2.45) is 0 Å². The van der Waals surface area contributed by atoms with Gasteiger partial charge in [-0.05, 0) is 37.0 Å². The Morgan fingerprint density at radius 2 is 2.00 bits per heavy atom. The number of amides is 3. The summed E-state index contributed by atoms with van der Waals surface area (Å²) in [4.78, 5) is 30.8. The first-order valence-electron chi connectivity index (χ1n) is 10.1. The van der Waals surface area contributed by atoms with Crippen molar-refractivity contribution in [3.63, 3.8) is 0 Å². The van der Waals surface area contributed by atoms with Crippen LogP contribution in [0.3, 0.4) is 0 Å². The van der Waals surface area contributed by atoms with Crippen LogP contribution >= 0.6 is 0 Å². The zero-order chi connectivity index (χ0) is 19.7. The number of likely N-dealkylation sites (N-methyl/N-ethyl adjacent to an activating group) is 1. The highest BCUT2D eigenvalue weighted by Gasteiger charge is 2.43. The Bertz CT molecular complexity index is 801. The average molecular weight is 385 g/mol. The van der Waals surface area contributed by atoms with Crippen LogP contribution in [0.2, 0.25) is 0 Å². The first-order chi connectivity index (χ1) is 13.6. The summed E-state index contributed by atoms with van der Waals surface area (Å²) >= 11 is 0. The Kier molecular flexibility index (Phi) is 5.26. The number of ether oxygens (including phenoxy) is 1. The maximum Gasteiger partial charge on any atom is 0.322 e. The van der Waals surface area contributed by atoms with Crippen LogP contribution in [0.1, 0.15) is 30.9 Å². The summed E-state index contributed by atoms with van der Waals surface area (Å²) in [5.74, 6) is 0.745. The van der Waals surface area contributed by atoms with Crippen LogP contribution in [0, 0.1) is 0 Å². The lowest BCUT2D eigenvalue weighted by molar-refractivity contribution is -0.904. The molecule has 3 aliphatic heterocycles. The van der Waals surface area contributed by atoms with Gasteiger partial charge < -0.3 is 19.9 Å². The molecule has 150 valence electrons. The lowest BCUT2D eigenvalue weighted by atomic mass is 9.95. The largest absolute Gasteiger partial charge is 0.497 e.